The van der Waals surface area contributed by atoms with Crippen LogP contribution in [0, 0.1) is 5.92 Å². The minimum Gasteiger partial charge on any atom is -0.325 e. The van der Waals surface area contributed by atoms with Crippen LogP contribution >= 0.6 is 11.8 Å². The summed E-state index contributed by atoms with van der Waals surface area (Å²) in [4.78, 5) is 14.1. The fourth-order valence-corrected chi connectivity index (χ4v) is 3.29. The van der Waals surface area contributed by atoms with E-state index in [1.54, 1.807) is 0 Å². The fourth-order valence-electron chi connectivity index (χ4n) is 2.91. The highest BCUT2D eigenvalue weighted by Crippen LogP contribution is 2.31. The van der Waals surface area contributed by atoms with Crippen molar-refractivity contribution in [1.29, 1.82) is 0 Å². The summed E-state index contributed by atoms with van der Waals surface area (Å²) >= 11 is 1.81. The van der Waals surface area contributed by atoms with Gasteiger partial charge in [-0.3, -0.25) is 10.1 Å². The van der Waals surface area contributed by atoms with E-state index in [-0.39, 0.29) is 6.04 Å². The van der Waals surface area contributed by atoms with Gasteiger partial charge in [0.1, 0.15) is 0 Å². The molecule has 0 bridgehead atoms. The molecule has 2 rings (SSSR count). The first kappa shape index (κ1) is 12.2. The van der Waals surface area contributed by atoms with Gasteiger partial charge < -0.3 is 4.90 Å². The Morgan fingerprint density at radius 2 is 2.12 bits per heavy atom. The molecule has 1 saturated heterocycles. The van der Waals surface area contributed by atoms with Crippen LogP contribution in [0.3, 0.4) is 0 Å². The fraction of sp³-hybridized carbons (Fsp3) is 0.917. The lowest BCUT2D eigenvalue weighted by Crippen LogP contribution is -2.43. The van der Waals surface area contributed by atoms with Crippen LogP contribution < -0.4 is 5.32 Å². The summed E-state index contributed by atoms with van der Waals surface area (Å²) in [7, 11) is 0. The third kappa shape index (κ3) is 2.38. The van der Waals surface area contributed by atoms with Crippen LogP contribution in [0.15, 0.2) is 0 Å². The molecule has 2 aliphatic rings. The van der Waals surface area contributed by atoms with E-state index in [1.807, 2.05) is 18.7 Å². The molecule has 1 N–H and O–H groups in total. The molecule has 1 aliphatic heterocycles. The van der Waals surface area contributed by atoms with Crippen LogP contribution in [0.2, 0.25) is 0 Å². The molecule has 2 atom stereocenters. The molecule has 3 nitrogen and oxygen atoms in total. The van der Waals surface area contributed by atoms with E-state index in [9.17, 15) is 4.79 Å². The lowest BCUT2D eigenvalue weighted by atomic mass is 10.0. The number of thioether (sulfide) groups is 1. The first-order valence-electron chi connectivity index (χ1n) is 6.29. The number of nitrogens with zero attached hydrogens (tertiary/aromatic N) is 1. The summed E-state index contributed by atoms with van der Waals surface area (Å²) in [5, 5.41) is 3.47. The van der Waals surface area contributed by atoms with E-state index in [1.165, 1.54) is 25.7 Å². The summed E-state index contributed by atoms with van der Waals surface area (Å²) in [6.45, 7) is 2.89. The summed E-state index contributed by atoms with van der Waals surface area (Å²) < 4.78 is 0. The van der Waals surface area contributed by atoms with E-state index in [0.29, 0.717) is 18.0 Å². The molecule has 0 aromatic heterocycles. The molecule has 2 unspecified atom stereocenters. The van der Waals surface area contributed by atoms with Gasteiger partial charge in [-0.25, -0.2) is 0 Å². The average Bonchev–Trinajstić information content (AvgIpc) is 2.87. The topological polar surface area (TPSA) is 32.3 Å². The first-order chi connectivity index (χ1) is 7.74. The van der Waals surface area contributed by atoms with Crippen LogP contribution in [-0.2, 0) is 4.79 Å². The second-order valence-electron chi connectivity index (χ2n) is 4.90. The lowest BCUT2D eigenvalue weighted by molar-refractivity contribution is -0.130. The van der Waals surface area contributed by atoms with Gasteiger partial charge >= 0.3 is 0 Å². The molecule has 0 spiro atoms. The highest BCUT2D eigenvalue weighted by molar-refractivity contribution is 7.98. The normalized spacial score (nSPS) is 31.6. The zero-order chi connectivity index (χ0) is 11.5. The van der Waals surface area contributed by atoms with E-state index in [2.05, 4.69) is 16.5 Å². The number of carbonyl (C=O) groups excluding carboxylic acids is 1. The predicted molar refractivity (Wildman–Crippen MR) is 68.4 cm³/mol. The Kier molecular flexibility index (Phi) is 4.14. The second kappa shape index (κ2) is 5.41. The summed E-state index contributed by atoms with van der Waals surface area (Å²) in [5.41, 5.74) is 0. The molecular formula is C12H22N2OS. The zero-order valence-electron chi connectivity index (χ0n) is 10.2. The minimum atomic E-state index is 0.0208. The van der Waals surface area contributed by atoms with E-state index in [4.69, 9.17) is 0 Å². The van der Waals surface area contributed by atoms with Gasteiger partial charge in [0.2, 0.25) is 5.91 Å². The zero-order valence-corrected chi connectivity index (χ0v) is 11.1. The van der Waals surface area contributed by atoms with E-state index < -0.39 is 0 Å². The van der Waals surface area contributed by atoms with Gasteiger partial charge in [0.25, 0.3) is 0 Å². The van der Waals surface area contributed by atoms with Crippen molar-refractivity contribution in [2.24, 2.45) is 5.92 Å². The first-order valence-corrected chi connectivity index (χ1v) is 7.69. The Labute approximate surface area is 102 Å². The molecule has 0 radical (unpaired) electrons. The largest absolute Gasteiger partial charge is 0.325 e. The van der Waals surface area contributed by atoms with Crippen molar-refractivity contribution in [2.75, 3.05) is 18.6 Å². The SMILES string of the molecule is CSCCN1C(=O)C(C)NC1C1CCCC1. The maximum absolute atomic E-state index is 12.0. The van der Waals surface area contributed by atoms with Crippen molar-refractivity contribution in [2.45, 2.75) is 44.8 Å². The van der Waals surface area contributed by atoms with Crippen molar-refractivity contribution < 1.29 is 4.79 Å². The number of rotatable bonds is 4. The highest BCUT2D eigenvalue weighted by Gasteiger charge is 2.40. The van der Waals surface area contributed by atoms with Crippen LogP contribution in [0.5, 0.6) is 0 Å². The van der Waals surface area contributed by atoms with Crippen molar-refractivity contribution >= 4 is 17.7 Å². The van der Waals surface area contributed by atoms with E-state index in [0.717, 1.165) is 12.3 Å². The second-order valence-corrected chi connectivity index (χ2v) is 5.89. The van der Waals surface area contributed by atoms with Crippen LogP contribution in [-0.4, -0.2) is 41.6 Å². The number of nitrogens with one attached hydrogen (secondary N) is 1. The molecule has 1 heterocycles. The van der Waals surface area contributed by atoms with E-state index >= 15 is 0 Å². The smallest absolute Gasteiger partial charge is 0.240 e. The third-order valence-corrected chi connectivity index (χ3v) is 4.38. The lowest BCUT2D eigenvalue weighted by Gasteiger charge is -2.28. The molecule has 1 saturated carbocycles. The molecule has 2 fully saturated rings. The van der Waals surface area contributed by atoms with Crippen molar-refractivity contribution in [3.8, 4) is 0 Å². The highest BCUT2D eigenvalue weighted by atomic mass is 32.2. The van der Waals surface area contributed by atoms with Gasteiger partial charge in [-0.05, 0) is 31.9 Å². The Morgan fingerprint density at radius 3 is 2.75 bits per heavy atom. The van der Waals surface area contributed by atoms with Gasteiger partial charge in [-0.15, -0.1) is 0 Å². The van der Waals surface area contributed by atoms with Crippen LogP contribution in [0.1, 0.15) is 32.6 Å². The van der Waals surface area contributed by atoms with Crippen molar-refractivity contribution in [1.82, 2.24) is 10.2 Å². The number of carbonyl (C=O) groups is 1. The van der Waals surface area contributed by atoms with Gasteiger partial charge in [-0.2, -0.15) is 11.8 Å². The molecular weight excluding hydrogens is 220 g/mol. The Balaban J connectivity index is 2.00. The molecule has 4 heteroatoms. The monoisotopic (exact) mass is 242 g/mol. The number of amides is 1. The van der Waals surface area contributed by atoms with Crippen LogP contribution in [0.25, 0.3) is 0 Å². The minimum absolute atomic E-state index is 0.0208. The maximum atomic E-state index is 12.0. The quantitative estimate of drug-likeness (QED) is 0.814. The van der Waals surface area contributed by atoms with Gasteiger partial charge in [0.15, 0.2) is 0 Å². The number of hydrogen-bond donors (Lipinski definition) is 1. The Bertz CT molecular complexity index is 253. The molecule has 1 aliphatic carbocycles. The number of hydrogen-bond acceptors (Lipinski definition) is 3. The average molecular weight is 242 g/mol. The third-order valence-electron chi connectivity index (χ3n) is 3.79. The van der Waals surface area contributed by atoms with Gasteiger partial charge in [-0.1, -0.05) is 12.8 Å². The predicted octanol–water partition coefficient (Wildman–Crippen LogP) is 1.69. The summed E-state index contributed by atoms with van der Waals surface area (Å²) in [6.07, 6.45) is 7.66. The Hall–Kier alpha value is -0.220. The van der Waals surface area contributed by atoms with Crippen LogP contribution in [0.4, 0.5) is 0 Å². The maximum Gasteiger partial charge on any atom is 0.240 e. The standard InChI is InChI=1S/C12H22N2OS/c1-9-12(15)14(7-8-16-2)11(13-9)10-5-3-4-6-10/h9-11,13H,3-8H2,1-2H3. The molecule has 92 valence electrons. The summed E-state index contributed by atoms with van der Waals surface area (Å²) in [6, 6.07) is 0.0208. The molecule has 0 aromatic rings. The van der Waals surface area contributed by atoms with Crippen molar-refractivity contribution in [3.63, 3.8) is 0 Å². The Morgan fingerprint density at radius 1 is 1.44 bits per heavy atom. The molecule has 1 amide bonds. The van der Waals surface area contributed by atoms with Gasteiger partial charge in [0.05, 0.1) is 12.2 Å². The van der Waals surface area contributed by atoms with Crippen molar-refractivity contribution in [3.05, 3.63) is 0 Å². The molecule has 0 aromatic carbocycles. The molecule has 16 heavy (non-hydrogen) atoms. The summed E-state index contributed by atoms with van der Waals surface area (Å²) in [5.74, 6) is 2.03. The van der Waals surface area contributed by atoms with Gasteiger partial charge in [0, 0.05) is 12.3 Å².